The lowest BCUT2D eigenvalue weighted by molar-refractivity contribution is 0.601. The number of anilines is 1. The lowest BCUT2D eigenvalue weighted by Gasteiger charge is -2.11. The zero-order valence-electron chi connectivity index (χ0n) is 10.3. The first-order valence-electron chi connectivity index (χ1n) is 5.54. The molecular weight excluding hydrogens is 341 g/mol. The van der Waals surface area contributed by atoms with Crippen LogP contribution in [-0.2, 0) is 10.0 Å². The van der Waals surface area contributed by atoms with Gasteiger partial charge in [0.2, 0.25) is 0 Å². The van der Waals surface area contributed by atoms with E-state index in [1.54, 1.807) is 25.1 Å². The highest BCUT2D eigenvalue weighted by molar-refractivity contribution is 7.92. The molecule has 0 saturated heterocycles. The summed E-state index contributed by atoms with van der Waals surface area (Å²) in [6.07, 6.45) is 0. The van der Waals surface area contributed by atoms with E-state index in [1.165, 1.54) is 18.2 Å². The molecule has 1 N–H and O–H groups in total. The molecule has 3 nitrogen and oxygen atoms in total. The number of para-hydroxylation sites is 1. The van der Waals surface area contributed by atoms with Gasteiger partial charge in [0, 0.05) is 5.02 Å². The first-order valence-corrected chi connectivity index (χ1v) is 8.16. The maximum Gasteiger partial charge on any atom is 0.261 e. The molecule has 0 amide bonds. The van der Waals surface area contributed by atoms with Gasteiger partial charge >= 0.3 is 0 Å². The van der Waals surface area contributed by atoms with E-state index in [9.17, 15) is 8.42 Å². The molecule has 0 saturated carbocycles. The van der Waals surface area contributed by atoms with Crippen LogP contribution in [0.2, 0.25) is 15.1 Å². The van der Waals surface area contributed by atoms with Crippen LogP contribution in [0.5, 0.6) is 0 Å². The van der Waals surface area contributed by atoms with Gasteiger partial charge in [-0.05, 0) is 42.8 Å². The molecule has 0 aromatic heterocycles. The fraction of sp³-hybridized carbons (Fsp3) is 0.0769. The fourth-order valence-corrected chi connectivity index (χ4v) is 3.48. The molecule has 2 rings (SSSR count). The van der Waals surface area contributed by atoms with Gasteiger partial charge in [-0.2, -0.15) is 0 Å². The van der Waals surface area contributed by atoms with E-state index >= 15 is 0 Å². The Morgan fingerprint density at radius 1 is 0.950 bits per heavy atom. The van der Waals surface area contributed by atoms with E-state index in [1.807, 2.05) is 0 Å². The molecule has 2 aromatic carbocycles. The molecular formula is C13H10Cl3NO2S. The predicted molar refractivity (Wildman–Crippen MR) is 83.5 cm³/mol. The zero-order chi connectivity index (χ0) is 14.9. The van der Waals surface area contributed by atoms with Gasteiger partial charge in [0.1, 0.15) is 0 Å². The number of hydrogen-bond acceptors (Lipinski definition) is 2. The van der Waals surface area contributed by atoms with E-state index in [2.05, 4.69) is 4.72 Å². The largest absolute Gasteiger partial charge is 0.277 e. The Bertz CT molecular complexity index is 740. The predicted octanol–water partition coefficient (Wildman–Crippen LogP) is 4.76. The smallest absolute Gasteiger partial charge is 0.261 e. The van der Waals surface area contributed by atoms with Crippen molar-refractivity contribution in [1.82, 2.24) is 0 Å². The fourth-order valence-electron chi connectivity index (χ4n) is 1.57. The molecule has 0 atom stereocenters. The molecule has 0 spiro atoms. The molecule has 0 aliphatic heterocycles. The van der Waals surface area contributed by atoms with E-state index in [0.29, 0.717) is 10.6 Å². The number of benzene rings is 2. The standard InChI is InChI=1S/C13H10Cl3NO2S/c1-8-7-9(5-6-10(8)14)20(18,19)17-13-11(15)3-2-4-12(13)16/h2-7,17H,1H3. The highest BCUT2D eigenvalue weighted by Gasteiger charge is 2.18. The molecule has 0 bridgehead atoms. The number of hydrogen-bond donors (Lipinski definition) is 1. The summed E-state index contributed by atoms with van der Waals surface area (Å²) in [4.78, 5) is 0.0930. The first-order chi connectivity index (χ1) is 9.31. The molecule has 0 unspecified atom stereocenters. The van der Waals surface area contributed by atoms with Crippen molar-refractivity contribution in [3.63, 3.8) is 0 Å². The van der Waals surface area contributed by atoms with Crippen LogP contribution in [-0.4, -0.2) is 8.42 Å². The van der Waals surface area contributed by atoms with Crippen LogP contribution in [0.3, 0.4) is 0 Å². The maximum atomic E-state index is 12.3. The summed E-state index contributed by atoms with van der Waals surface area (Å²) in [5, 5.41) is 0.957. The van der Waals surface area contributed by atoms with Crippen molar-refractivity contribution in [3.05, 3.63) is 57.0 Å². The van der Waals surface area contributed by atoms with Crippen molar-refractivity contribution >= 4 is 50.5 Å². The Balaban J connectivity index is 2.43. The Hall–Kier alpha value is -0.940. The van der Waals surface area contributed by atoms with E-state index in [4.69, 9.17) is 34.8 Å². The Morgan fingerprint density at radius 2 is 1.55 bits per heavy atom. The van der Waals surface area contributed by atoms with Crippen molar-refractivity contribution in [2.45, 2.75) is 11.8 Å². The van der Waals surface area contributed by atoms with Gasteiger partial charge in [-0.3, -0.25) is 4.72 Å². The van der Waals surface area contributed by atoms with Crippen LogP contribution in [0.15, 0.2) is 41.3 Å². The van der Waals surface area contributed by atoms with Crippen LogP contribution in [0.25, 0.3) is 0 Å². The van der Waals surface area contributed by atoms with Gasteiger partial charge in [0.15, 0.2) is 0 Å². The molecule has 0 aliphatic carbocycles. The monoisotopic (exact) mass is 349 g/mol. The minimum atomic E-state index is -3.78. The zero-order valence-corrected chi connectivity index (χ0v) is 13.4. The second-order valence-electron chi connectivity index (χ2n) is 4.11. The van der Waals surface area contributed by atoms with E-state index < -0.39 is 10.0 Å². The Morgan fingerprint density at radius 3 is 2.10 bits per heavy atom. The maximum absolute atomic E-state index is 12.3. The van der Waals surface area contributed by atoms with Crippen molar-refractivity contribution in [2.24, 2.45) is 0 Å². The SMILES string of the molecule is Cc1cc(S(=O)(=O)Nc2c(Cl)cccc2Cl)ccc1Cl. The molecule has 0 radical (unpaired) electrons. The lowest BCUT2D eigenvalue weighted by atomic mass is 10.2. The molecule has 0 aliphatic rings. The average molecular weight is 351 g/mol. The van der Waals surface area contributed by atoms with Crippen LogP contribution >= 0.6 is 34.8 Å². The quantitative estimate of drug-likeness (QED) is 0.867. The van der Waals surface area contributed by atoms with E-state index in [-0.39, 0.29) is 20.6 Å². The molecule has 20 heavy (non-hydrogen) atoms. The third-order valence-electron chi connectivity index (χ3n) is 2.64. The average Bonchev–Trinajstić information content (AvgIpc) is 2.37. The molecule has 0 heterocycles. The van der Waals surface area contributed by atoms with Gasteiger partial charge in [0.25, 0.3) is 10.0 Å². The molecule has 0 fully saturated rings. The third kappa shape index (κ3) is 3.20. The number of aryl methyl sites for hydroxylation is 1. The highest BCUT2D eigenvalue weighted by atomic mass is 35.5. The molecule has 106 valence electrons. The van der Waals surface area contributed by atoms with E-state index in [0.717, 1.165) is 0 Å². The number of sulfonamides is 1. The van der Waals surface area contributed by atoms with Crippen LogP contribution in [0, 0.1) is 6.92 Å². The minimum Gasteiger partial charge on any atom is -0.277 e. The van der Waals surface area contributed by atoms with Crippen molar-refractivity contribution < 1.29 is 8.42 Å². The van der Waals surface area contributed by atoms with Gasteiger partial charge in [0.05, 0.1) is 20.6 Å². The third-order valence-corrected chi connectivity index (χ3v) is 5.04. The Labute approximate surface area is 132 Å². The summed E-state index contributed by atoms with van der Waals surface area (Å²) in [6.45, 7) is 1.73. The second kappa shape index (κ2) is 5.82. The highest BCUT2D eigenvalue weighted by Crippen LogP contribution is 2.32. The number of halogens is 3. The lowest BCUT2D eigenvalue weighted by Crippen LogP contribution is -2.13. The number of nitrogens with one attached hydrogen (secondary N) is 1. The first kappa shape index (κ1) is 15.4. The summed E-state index contributed by atoms with van der Waals surface area (Å²) in [5.41, 5.74) is 0.822. The normalized spacial score (nSPS) is 11.4. The van der Waals surface area contributed by atoms with Crippen molar-refractivity contribution in [1.29, 1.82) is 0 Å². The van der Waals surface area contributed by atoms with Gasteiger partial charge < -0.3 is 0 Å². The van der Waals surface area contributed by atoms with Crippen LogP contribution < -0.4 is 4.72 Å². The summed E-state index contributed by atoms with van der Waals surface area (Å²) in [6, 6.07) is 9.17. The molecule has 7 heteroatoms. The summed E-state index contributed by atoms with van der Waals surface area (Å²) in [7, 11) is -3.78. The Kier molecular flexibility index (Phi) is 4.49. The van der Waals surface area contributed by atoms with Crippen molar-refractivity contribution in [2.75, 3.05) is 4.72 Å². The van der Waals surface area contributed by atoms with Crippen LogP contribution in [0.1, 0.15) is 5.56 Å². The summed E-state index contributed by atoms with van der Waals surface area (Å²) in [5.74, 6) is 0. The van der Waals surface area contributed by atoms with Gasteiger partial charge in [-0.25, -0.2) is 8.42 Å². The topological polar surface area (TPSA) is 46.2 Å². The van der Waals surface area contributed by atoms with Gasteiger partial charge in [-0.1, -0.05) is 40.9 Å². The summed E-state index contributed by atoms with van der Waals surface area (Å²) >= 11 is 17.8. The number of rotatable bonds is 3. The summed E-state index contributed by atoms with van der Waals surface area (Å²) < 4.78 is 27.0. The second-order valence-corrected chi connectivity index (χ2v) is 7.02. The molecule has 2 aromatic rings. The van der Waals surface area contributed by atoms with Crippen molar-refractivity contribution in [3.8, 4) is 0 Å². The van der Waals surface area contributed by atoms with Crippen LogP contribution in [0.4, 0.5) is 5.69 Å². The van der Waals surface area contributed by atoms with Gasteiger partial charge in [-0.15, -0.1) is 0 Å². The minimum absolute atomic E-state index is 0.0930.